The van der Waals surface area contributed by atoms with Crippen molar-refractivity contribution in [3.8, 4) is 0 Å². The Kier molecular flexibility index (Phi) is 3.80. The minimum Gasteiger partial charge on any atom is -0.452 e. The zero-order valence-electron chi connectivity index (χ0n) is 15.3. The zero-order chi connectivity index (χ0) is 18.4. The van der Waals surface area contributed by atoms with Crippen LogP contribution in [0, 0.1) is 20.8 Å². The predicted molar refractivity (Wildman–Crippen MR) is 106 cm³/mol. The van der Waals surface area contributed by atoms with E-state index in [1.165, 1.54) is 0 Å². The van der Waals surface area contributed by atoms with E-state index in [-0.39, 0.29) is 5.78 Å². The minimum atomic E-state index is -0.0637. The van der Waals surface area contributed by atoms with Gasteiger partial charge in [0.25, 0.3) is 0 Å². The second kappa shape index (κ2) is 6.03. The van der Waals surface area contributed by atoms with Crippen LogP contribution in [0.1, 0.15) is 33.1 Å². The van der Waals surface area contributed by atoms with Crippen LogP contribution in [0.25, 0.3) is 21.7 Å². The smallest absolute Gasteiger partial charge is 0.230 e. The van der Waals surface area contributed by atoms with Crippen LogP contribution in [0.3, 0.4) is 0 Å². The van der Waals surface area contributed by atoms with Crippen molar-refractivity contribution in [2.75, 3.05) is 0 Å². The Bertz CT molecular complexity index is 1170. The summed E-state index contributed by atoms with van der Waals surface area (Å²) in [5.74, 6) is 0.362. The maximum atomic E-state index is 13.2. The van der Waals surface area contributed by atoms with Gasteiger partial charge in [-0.25, -0.2) is 0 Å². The van der Waals surface area contributed by atoms with Crippen LogP contribution in [-0.2, 0) is 6.54 Å². The van der Waals surface area contributed by atoms with Gasteiger partial charge in [0.05, 0.1) is 0 Å². The molecule has 0 N–H and O–H groups in total. The molecule has 4 rings (SSSR count). The quantitative estimate of drug-likeness (QED) is 0.350. The Morgan fingerprint density at radius 1 is 1.12 bits per heavy atom. The van der Waals surface area contributed by atoms with Crippen LogP contribution in [-0.4, -0.2) is 10.4 Å². The van der Waals surface area contributed by atoms with Crippen molar-refractivity contribution in [2.45, 2.75) is 27.3 Å². The highest BCUT2D eigenvalue weighted by atomic mass is 16.3. The largest absolute Gasteiger partial charge is 0.452 e. The number of furan rings is 1. The lowest BCUT2D eigenvalue weighted by Crippen LogP contribution is -2.05. The highest BCUT2D eigenvalue weighted by Crippen LogP contribution is 2.33. The molecular weight excluding hydrogens is 322 g/mol. The summed E-state index contributed by atoms with van der Waals surface area (Å²) in [4.78, 5) is 13.2. The Hall–Kier alpha value is -3.07. The molecule has 0 radical (unpaired) electrons. The first kappa shape index (κ1) is 16.4. The van der Waals surface area contributed by atoms with Crippen LogP contribution in [0.4, 0.5) is 0 Å². The van der Waals surface area contributed by atoms with Crippen molar-refractivity contribution < 1.29 is 9.21 Å². The van der Waals surface area contributed by atoms with E-state index >= 15 is 0 Å². The number of fused-ring (bicyclic) bond motifs is 3. The van der Waals surface area contributed by atoms with Crippen LogP contribution in [0.5, 0.6) is 0 Å². The van der Waals surface area contributed by atoms with E-state index in [2.05, 4.69) is 23.3 Å². The number of aryl methyl sites for hydroxylation is 2. The lowest BCUT2D eigenvalue weighted by Gasteiger charge is -2.05. The molecule has 0 saturated carbocycles. The monoisotopic (exact) mass is 343 g/mol. The first-order valence-electron chi connectivity index (χ1n) is 8.76. The third kappa shape index (κ3) is 2.31. The van der Waals surface area contributed by atoms with Crippen molar-refractivity contribution in [1.29, 1.82) is 0 Å². The van der Waals surface area contributed by atoms with E-state index in [0.29, 0.717) is 17.9 Å². The van der Waals surface area contributed by atoms with Gasteiger partial charge >= 0.3 is 0 Å². The summed E-state index contributed by atoms with van der Waals surface area (Å²) in [6.45, 7) is 10.4. The molecule has 2 aromatic carbocycles. The second-order valence-corrected chi connectivity index (χ2v) is 6.73. The number of allylic oxidation sites excluding steroid dienone is 1. The topological polar surface area (TPSA) is 35.1 Å². The summed E-state index contributed by atoms with van der Waals surface area (Å²) in [7, 11) is 0. The molecule has 0 aliphatic heterocycles. The van der Waals surface area contributed by atoms with Crippen LogP contribution >= 0.6 is 0 Å². The number of rotatable bonds is 4. The fourth-order valence-corrected chi connectivity index (χ4v) is 3.73. The standard InChI is InChI=1S/C23H21NO2/c1-5-12-24-14(2)13-20(16(24)4)21(25)22-15(3)18-11-10-17-8-6-7-9-19(17)23(18)26-22/h5-11,13H,1,12H2,2-4H3. The molecule has 0 aliphatic rings. The molecule has 0 atom stereocenters. The second-order valence-electron chi connectivity index (χ2n) is 6.73. The van der Waals surface area contributed by atoms with E-state index in [4.69, 9.17) is 4.42 Å². The van der Waals surface area contributed by atoms with Gasteiger partial charge in [-0.3, -0.25) is 4.79 Å². The summed E-state index contributed by atoms with van der Waals surface area (Å²) in [5, 5.41) is 3.13. The number of hydrogen-bond donors (Lipinski definition) is 0. The fraction of sp³-hybridized carbons (Fsp3) is 0.174. The summed E-state index contributed by atoms with van der Waals surface area (Å²) in [6.07, 6.45) is 1.84. The third-order valence-electron chi connectivity index (χ3n) is 5.16. The van der Waals surface area contributed by atoms with Gasteiger partial charge in [-0.05, 0) is 32.2 Å². The fourth-order valence-electron chi connectivity index (χ4n) is 3.73. The number of benzene rings is 2. The Balaban J connectivity index is 1.91. The maximum Gasteiger partial charge on any atom is 0.230 e. The van der Waals surface area contributed by atoms with Gasteiger partial charge in [-0.15, -0.1) is 6.58 Å². The van der Waals surface area contributed by atoms with E-state index in [1.54, 1.807) is 0 Å². The minimum absolute atomic E-state index is 0.0637. The lowest BCUT2D eigenvalue weighted by molar-refractivity contribution is 0.101. The first-order valence-corrected chi connectivity index (χ1v) is 8.76. The van der Waals surface area contributed by atoms with Gasteiger partial charge in [-0.2, -0.15) is 0 Å². The van der Waals surface area contributed by atoms with Gasteiger partial charge in [0.15, 0.2) is 5.76 Å². The molecule has 0 bridgehead atoms. The summed E-state index contributed by atoms with van der Waals surface area (Å²) in [5.41, 5.74) is 4.35. The Labute approximate surface area is 152 Å². The van der Waals surface area contributed by atoms with E-state index < -0.39 is 0 Å². The molecule has 4 aromatic rings. The molecule has 2 heterocycles. The average molecular weight is 343 g/mol. The van der Waals surface area contributed by atoms with Crippen LogP contribution in [0.15, 0.2) is 59.5 Å². The van der Waals surface area contributed by atoms with Gasteiger partial charge in [0.1, 0.15) is 5.58 Å². The molecule has 0 spiro atoms. The molecule has 2 aromatic heterocycles. The van der Waals surface area contributed by atoms with E-state index in [0.717, 1.165) is 38.7 Å². The number of nitrogens with zero attached hydrogens (tertiary/aromatic N) is 1. The Morgan fingerprint density at radius 2 is 1.88 bits per heavy atom. The molecule has 130 valence electrons. The molecule has 0 saturated heterocycles. The van der Waals surface area contributed by atoms with Gasteiger partial charge in [-0.1, -0.05) is 42.5 Å². The summed E-state index contributed by atoms with van der Waals surface area (Å²) < 4.78 is 8.20. The van der Waals surface area contributed by atoms with Crippen LogP contribution < -0.4 is 0 Å². The SMILES string of the molecule is C=CCn1c(C)cc(C(=O)c2oc3c(ccc4ccccc43)c2C)c1C. The van der Waals surface area contributed by atoms with Crippen LogP contribution in [0.2, 0.25) is 0 Å². The van der Waals surface area contributed by atoms with Gasteiger partial charge < -0.3 is 8.98 Å². The lowest BCUT2D eigenvalue weighted by atomic mass is 10.0. The Morgan fingerprint density at radius 3 is 2.65 bits per heavy atom. The third-order valence-corrected chi connectivity index (χ3v) is 5.16. The highest BCUT2D eigenvalue weighted by Gasteiger charge is 2.23. The van der Waals surface area contributed by atoms with Crippen molar-refractivity contribution in [2.24, 2.45) is 0 Å². The normalized spacial score (nSPS) is 11.3. The van der Waals surface area contributed by atoms with Crippen molar-refractivity contribution in [3.05, 3.63) is 83.4 Å². The molecule has 0 aliphatic carbocycles. The van der Waals surface area contributed by atoms with Crippen molar-refractivity contribution in [3.63, 3.8) is 0 Å². The molecule has 3 nitrogen and oxygen atoms in total. The first-order chi connectivity index (χ1) is 12.5. The zero-order valence-corrected chi connectivity index (χ0v) is 15.3. The molecule has 0 amide bonds. The predicted octanol–water partition coefficient (Wildman–Crippen LogP) is 5.73. The summed E-state index contributed by atoms with van der Waals surface area (Å²) >= 11 is 0. The van der Waals surface area contributed by atoms with E-state index in [9.17, 15) is 4.79 Å². The molecule has 0 fully saturated rings. The van der Waals surface area contributed by atoms with Gasteiger partial charge in [0, 0.05) is 39.8 Å². The van der Waals surface area contributed by atoms with Crippen molar-refractivity contribution in [1.82, 2.24) is 4.57 Å². The number of carbonyl (C=O) groups excluding carboxylic acids is 1. The maximum absolute atomic E-state index is 13.2. The highest BCUT2D eigenvalue weighted by molar-refractivity contribution is 6.14. The molecule has 0 unspecified atom stereocenters. The number of carbonyl (C=O) groups is 1. The average Bonchev–Trinajstić information content (AvgIpc) is 3.13. The molecule has 26 heavy (non-hydrogen) atoms. The molecular formula is C23H21NO2. The summed E-state index contributed by atoms with van der Waals surface area (Å²) in [6, 6.07) is 14.1. The number of hydrogen-bond acceptors (Lipinski definition) is 2. The van der Waals surface area contributed by atoms with E-state index in [1.807, 2.05) is 57.2 Å². The van der Waals surface area contributed by atoms with Crippen molar-refractivity contribution >= 4 is 27.5 Å². The number of aromatic nitrogens is 1. The number of ketones is 1. The molecule has 3 heteroatoms. The van der Waals surface area contributed by atoms with Gasteiger partial charge in [0.2, 0.25) is 5.78 Å².